The van der Waals surface area contributed by atoms with Gasteiger partial charge < -0.3 is 10.6 Å². The standard InChI is InChI=1S/C28H30ClFN6O3S/c1-16(2)27-33-24(25-26(31)32-15-22(36(25)27)28(37)35(3)18-8-4-5-9-18)17-12-13-21(20(30)14-17)34-40(38,39)23-11-7-6-10-19(23)29/h6-7,10-16,18,34H,4-5,8-9H2,1-3H3,(H2,31,32). The molecule has 1 saturated carbocycles. The molecule has 210 valence electrons. The van der Waals surface area contributed by atoms with Crippen molar-refractivity contribution < 1.29 is 17.6 Å². The van der Waals surface area contributed by atoms with Crippen LogP contribution >= 0.6 is 11.6 Å². The highest BCUT2D eigenvalue weighted by Gasteiger charge is 2.29. The molecule has 0 saturated heterocycles. The van der Waals surface area contributed by atoms with E-state index in [2.05, 4.69) is 9.71 Å². The number of nitrogens with one attached hydrogen (secondary N) is 1. The first-order chi connectivity index (χ1) is 19.0. The number of anilines is 2. The Morgan fingerprint density at radius 2 is 1.90 bits per heavy atom. The highest BCUT2D eigenvalue weighted by atomic mass is 35.5. The predicted octanol–water partition coefficient (Wildman–Crippen LogP) is 5.71. The van der Waals surface area contributed by atoms with E-state index < -0.39 is 15.8 Å². The molecule has 2 aromatic heterocycles. The van der Waals surface area contributed by atoms with E-state index in [1.165, 1.54) is 36.5 Å². The van der Waals surface area contributed by atoms with Crippen molar-refractivity contribution >= 4 is 44.6 Å². The van der Waals surface area contributed by atoms with Crippen LogP contribution in [0, 0.1) is 5.82 Å². The SMILES string of the molecule is CC(C)c1nc(-c2ccc(NS(=O)(=O)c3ccccc3Cl)c(F)c2)c2c(N)ncc(C(=O)N(C)C3CCCC3)n12. The average molecular weight is 585 g/mol. The minimum absolute atomic E-state index is 0.0182. The lowest BCUT2D eigenvalue weighted by atomic mass is 10.1. The van der Waals surface area contributed by atoms with Crippen molar-refractivity contribution in [3.63, 3.8) is 0 Å². The molecule has 2 heterocycles. The molecular weight excluding hydrogens is 555 g/mol. The number of nitrogens with two attached hydrogens (primary N) is 1. The number of amides is 1. The lowest BCUT2D eigenvalue weighted by molar-refractivity contribution is 0.0727. The number of fused-ring (bicyclic) bond motifs is 1. The van der Waals surface area contributed by atoms with Crippen molar-refractivity contribution in [2.45, 2.75) is 56.4 Å². The molecule has 1 fully saturated rings. The number of aromatic nitrogens is 3. The summed E-state index contributed by atoms with van der Waals surface area (Å²) in [5.74, 6) is -0.395. The minimum Gasteiger partial charge on any atom is -0.382 e. The number of imidazole rings is 1. The number of benzene rings is 2. The summed E-state index contributed by atoms with van der Waals surface area (Å²) in [6.07, 6.45) is 5.53. The highest BCUT2D eigenvalue weighted by Crippen LogP contribution is 2.34. The van der Waals surface area contributed by atoms with Gasteiger partial charge in [-0.05, 0) is 37.1 Å². The summed E-state index contributed by atoms with van der Waals surface area (Å²) in [5, 5.41) is 0.0182. The molecule has 0 spiro atoms. The molecule has 0 atom stereocenters. The zero-order chi connectivity index (χ0) is 28.8. The summed E-state index contributed by atoms with van der Waals surface area (Å²) in [5.41, 5.74) is 7.46. The number of sulfonamides is 1. The maximum Gasteiger partial charge on any atom is 0.272 e. The number of carbonyl (C=O) groups excluding carboxylic acids is 1. The van der Waals surface area contributed by atoms with E-state index in [0.717, 1.165) is 25.7 Å². The van der Waals surface area contributed by atoms with Crippen LogP contribution in [-0.2, 0) is 10.0 Å². The highest BCUT2D eigenvalue weighted by molar-refractivity contribution is 7.92. The van der Waals surface area contributed by atoms with E-state index in [-0.39, 0.29) is 39.3 Å². The molecule has 2 aromatic carbocycles. The Kier molecular flexibility index (Phi) is 7.45. The Morgan fingerprint density at radius 3 is 2.55 bits per heavy atom. The summed E-state index contributed by atoms with van der Waals surface area (Å²) in [4.78, 5) is 24.3. The Morgan fingerprint density at radius 1 is 1.20 bits per heavy atom. The third-order valence-corrected chi connectivity index (χ3v) is 9.12. The molecule has 0 aliphatic heterocycles. The zero-order valence-corrected chi connectivity index (χ0v) is 23.9. The summed E-state index contributed by atoms with van der Waals surface area (Å²) in [6, 6.07) is 10.1. The van der Waals surface area contributed by atoms with Crippen molar-refractivity contribution in [3.8, 4) is 11.3 Å². The van der Waals surface area contributed by atoms with Crippen molar-refractivity contribution in [2.24, 2.45) is 0 Å². The van der Waals surface area contributed by atoms with E-state index in [1.807, 2.05) is 13.8 Å². The number of nitrogens with zero attached hydrogens (tertiary/aromatic N) is 4. The smallest absolute Gasteiger partial charge is 0.272 e. The van der Waals surface area contributed by atoms with Gasteiger partial charge in [0.25, 0.3) is 15.9 Å². The van der Waals surface area contributed by atoms with E-state index >= 15 is 4.39 Å². The third-order valence-electron chi connectivity index (χ3n) is 7.25. The quantitative estimate of drug-likeness (QED) is 0.287. The average Bonchev–Trinajstić information content (AvgIpc) is 3.59. The second-order valence-corrected chi connectivity index (χ2v) is 12.3. The zero-order valence-electron chi connectivity index (χ0n) is 22.4. The maximum atomic E-state index is 15.3. The molecule has 4 aromatic rings. The van der Waals surface area contributed by atoms with Crippen LogP contribution in [0.4, 0.5) is 15.9 Å². The summed E-state index contributed by atoms with van der Waals surface area (Å²) >= 11 is 6.04. The Balaban J connectivity index is 1.57. The van der Waals surface area contributed by atoms with Crippen LogP contribution in [0.3, 0.4) is 0 Å². The van der Waals surface area contributed by atoms with Gasteiger partial charge in [-0.15, -0.1) is 0 Å². The molecular formula is C28H30ClFN6O3S. The summed E-state index contributed by atoms with van der Waals surface area (Å²) in [6.45, 7) is 3.88. The molecule has 9 nitrogen and oxygen atoms in total. The summed E-state index contributed by atoms with van der Waals surface area (Å²) < 4.78 is 45.0. The molecule has 3 N–H and O–H groups in total. The molecule has 0 bridgehead atoms. The number of carbonyl (C=O) groups is 1. The Hall–Kier alpha value is -3.70. The largest absolute Gasteiger partial charge is 0.382 e. The number of halogens is 2. The van der Waals surface area contributed by atoms with Crippen LogP contribution in [0.15, 0.2) is 53.6 Å². The minimum atomic E-state index is -4.14. The molecule has 1 amide bonds. The first-order valence-electron chi connectivity index (χ1n) is 13.0. The fraction of sp³-hybridized carbons (Fsp3) is 0.321. The van der Waals surface area contributed by atoms with E-state index in [9.17, 15) is 13.2 Å². The van der Waals surface area contributed by atoms with Gasteiger partial charge in [-0.2, -0.15) is 0 Å². The molecule has 40 heavy (non-hydrogen) atoms. The first kappa shape index (κ1) is 27.9. The van der Waals surface area contributed by atoms with Gasteiger partial charge in [-0.1, -0.05) is 56.5 Å². The second kappa shape index (κ2) is 10.7. The fourth-order valence-corrected chi connectivity index (χ4v) is 6.74. The first-order valence-corrected chi connectivity index (χ1v) is 14.9. The fourth-order valence-electron chi connectivity index (χ4n) is 5.15. The van der Waals surface area contributed by atoms with Gasteiger partial charge in [-0.25, -0.2) is 22.8 Å². The van der Waals surface area contributed by atoms with E-state index in [0.29, 0.717) is 28.3 Å². The predicted molar refractivity (Wildman–Crippen MR) is 153 cm³/mol. The topological polar surface area (TPSA) is 123 Å². The van der Waals surface area contributed by atoms with Crippen LogP contribution in [-0.4, -0.2) is 46.7 Å². The van der Waals surface area contributed by atoms with Crippen LogP contribution in [0.5, 0.6) is 0 Å². The maximum absolute atomic E-state index is 15.3. The van der Waals surface area contributed by atoms with Gasteiger partial charge in [0, 0.05) is 24.6 Å². The van der Waals surface area contributed by atoms with Crippen LogP contribution < -0.4 is 10.5 Å². The number of nitrogen functional groups attached to an aromatic ring is 1. The Bertz CT molecular complexity index is 1720. The lowest BCUT2D eigenvalue weighted by Gasteiger charge is -2.25. The van der Waals surface area contributed by atoms with Gasteiger partial charge in [-0.3, -0.25) is 13.9 Å². The molecule has 0 radical (unpaired) electrons. The van der Waals surface area contributed by atoms with Gasteiger partial charge in [0.1, 0.15) is 39.3 Å². The van der Waals surface area contributed by atoms with Crippen molar-refractivity contribution in [1.29, 1.82) is 0 Å². The molecule has 12 heteroatoms. The molecule has 1 aliphatic rings. The van der Waals surface area contributed by atoms with Gasteiger partial charge >= 0.3 is 0 Å². The van der Waals surface area contributed by atoms with Gasteiger partial charge in [0.05, 0.1) is 16.9 Å². The lowest BCUT2D eigenvalue weighted by Crippen LogP contribution is -2.36. The van der Waals surface area contributed by atoms with Crippen molar-refractivity contribution in [1.82, 2.24) is 19.3 Å². The number of hydrogen-bond donors (Lipinski definition) is 2. The van der Waals surface area contributed by atoms with Gasteiger partial charge in [0.15, 0.2) is 0 Å². The van der Waals surface area contributed by atoms with Crippen LogP contribution in [0.2, 0.25) is 5.02 Å². The molecule has 1 aliphatic carbocycles. The molecule has 0 unspecified atom stereocenters. The third kappa shape index (κ3) is 4.99. The monoisotopic (exact) mass is 584 g/mol. The second-order valence-electron chi connectivity index (χ2n) is 10.3. The summed E-state index contributed by atoms with van der Waals surface area (Å²) in [7, 11) is -2.34. The normalized spacial score (nSPS) is 14.2. The van der Waals surface area contributed by atoms with Crippen LogP contribution in [0.25, 0.3) is 16.8 Å². The van der Waals surface area contributed by atoms with Gasteiger partial charge in [0.2, 0.25) is 0 Å². The Labute approximate surface area is 237 Å². The van der Waals surface area contributed by atoms with E-state index in [4.69, 9.17) is 22.3 Å². The van der Waals surface area contributed by atoms with Crippen molar-refractivity contribution in [2.75, 3.05) is 17.5 Å². The number of hydrogen-bond acceptors (Lipinski definition) is 6. The molecule has 5 rings (SSSR count). The van der Waals surface area contributed by atoms with Crippen molar-refractivity contribution in [3.05, 3.63) is 71.0 Å². The number of rotatable bonds is 7. The van der Waals surface area contributed by atoms with E-state index in [1.54, 1.807) is 28.5 Å². The van der Waals surface area contributed by atoms with Crippen LogP contribution in [0.1, 0.15) is 61.8 Å².